The Hall–Kier alpha value is -2.72. The SMILES string of the molecule is O=C1C(S(=O)(=O)O)=Cc2cc(S(=O)(=O)O)ccc2/C1=N/Nc1cc(S(=O)(=O)CCOS(=O)(=O)O)ccc1O.[Cu]. The molecule has 5 N–H and O–H groups in total. The first-order valence-corrected chi connectivity index (χ1v) is 15.6. The largest absolute Gasteiger partial charge is 0.506 e. The number of nitrogens with zero attached hydrogens (tertiary/aromatic N) is 1. The first kappa shape index (κ1) is 32.5. The molecule has 21 heteroatoms. The summed E-state index contributed by atoms with van der Waals surface area (Å²) >= 11 is 0. The molecule has 0 aromatic heterocycles. The normalized spacial score (nSPS) is 15.3. The van der Waals surface area contributed by atoms with E-state index < -0.39 is 90.5 Å². The number of fused-ring (bicyclic) bond motifs is 1. The second kappa shape index (κ2) is 11.4. The molecule has 0 aliphatic heterocycles. The molecule has 0 saturated carbocycles. The molecule has 0 amide bonds. The van der Waals surface area contributed by atoms with E-state index in [-0.39, 0.29) is 28.2 Å². The summed E-state index contributed by atoms with van der Waals surface area (Å²) in [5.41, 5.74) is 0.629. The third-order valence-electron chi connectivity index (χ3n) is 4.78. The maximum absolute atomic E-state index is 12.8. The summed E-state index contributed by atoms with van der Waals surface area (Å²) in [6.45, 7) is -0.936. The van der Waals surface area contributed by atoms with Crippen LogP contribution in [0.25, 0.3) is 6.08 Å². The molecule has 1 aliphatic carbocycles. The van der Waals surface area contributed by atoms with Crippen molar-refractivity contribution in [2.24, 2.45) is 5.10 Å². The summed E-state index contributed by atoms with van der Waals surface area (Å²) in [7, 11) is -19.0. The molecule has 0 atom stereocenters. The van der Waals surface area contributed by atoms with Crippen molar-refractivity contribution in [2.45, 2.75) is 9.79 Å². The molecule has 2 aromatic rings. The number of allylic oxidation sites excluding steroid dienone is 1. The zero-order valence-electron chi connectivity index (χ0n) is 18.7. The number of Topliss-reactive ketones (excluding diaryl/α,β-unsaturated/α-hetero) is 1. The first-order chi connectivity index (χ1) is 17.3. The zero-order chi connectivity index (χ0) is 28.7. The van der Waals surface area contributed by atoms with Gasteiger partial charge in [0, 0.05) is 22.6 Å². The van der Waals surface area contributed by atoms with Crippen molar-refractivity contribution < 1.29 is 78.5 Å². The van der Waals surface area contributed by atoms with E-state index in [1.807, 2.05) is 0 Å². The van der Waals surface area contributed by atoms with Crippen LogP contribution in [0.15, 0.2) is 56.2 Å². The molecule has 217 valence electrons. The van der Waals surface area contributed by atoms with Crippen molar-refractivity contribution in [3.63, 3.8) is 0 Å². The Balaban J connectivity index is 0.00000533. The zero-order valence-corrected chi connectivity index (χ0v) is 22.9. The van der Waals surface area contributed by atoms with Gasteiger partial charge in [0.1, 0.15) is 16.4 Å². The van der Waals surface area contributed by atoms with Crippen molar-refractivity contribution >= 4 is 63.7 Å². The van der Waals surface area contributed by atoms with Crippen LogP contribution in [-0.2, 0) is 66.5 Å². The standard InChI is InChI=1S/C18H16N2O14S4.Cu/c21-15-4-2-11(35(23,24)6-5-34-38(31,32)33)9-14(15)19-20-17-13-3-1-12(36(25,26)27)7-10(13)8-16(18(17)22)37(28,29)30;/h1-4,7-9,19,21H,5-6H2,(H,25,26,27)(H,28,29,30)(H,31,32,33);/b20-17-;. The minimum absolute atomic E-state index is 0. The van der Waals surface area contributed by atoms with E-state index in [0.29, 0.717) is 6.08 Å². The van der Waals surface area contributed by atoms with Crippen molar-refractivity contribution in [2.75, 3.05) is 17.8 Å². The van der Waals surface area contributed by atoms with Crippen LogP contribution in [0.5, 0.6) is 5.75 Å². The summed E-state index contributed by atoms with van der Waals surface area (Å²) in [5, 5.41) is 13.8. The van der Waals surface area contributed by atoms with Crippen LogP contribution in [0.2, 0.25) is 0 Å². The van der Waals surface area contributed by atoms with Gasteiger partial charge in [0.2, 0.25) is 5.78 Å². The second-order valence-corrected chi connectivity index (χ2v) is 13.4. The number of hydrazone groups is 1. The molecule has 39 heavy (non-hydrogen) atoms. The van der Waals surface area contributed by atoms with Crippen LogP contribution in [0, 0.1) is 0 Å². The van der Waals surface area contributed by atoms with Gasteiger partial charge in [-0.25, -0.2) is 12.6 Å². The average molecular weight is 676 g/mol. The second-order valence-electron chi connectivity index (χ2n) is 7.36. The number of hydrogen-bond acceptors (Lipinski definition) is 13. The van der Waals surface area contributed by atoms with Gasteiger partial charge >= 0.3 is 10.4 Å². The Labute approximate surface area is 232 Å². The molecule has 0 spiro atoms. The van der Waals surface area contributed by atoms with Gasteiger partial charge in [-0.3, -0.25) is 23.9 Å². The van der Waals surface area contributed by atoms with Gasteiger partial charge in [-0.15, -0.1) is 0 Å². The van der Waals surface area contributed by atoms with Crippen molar-refractivity contribution in [3.05, 3.63) is 52.4 Å². The molecule has 1 radical (unpaired) electrons. The van der Waals surface area contributed by atoms with Gasteiger partial charge in [0.25, 0.3) is 20.2 Å². The number of rotatable bonds is 9. The summed E-state index contributed by atoms with van der Waals surface area (Å²) in [5.74, 6) is -2.85. The van der Waals surface area contributed by atoms with E-state index in [0.717, 1.165) is 36.4 Å². The predicted molar refractivity (Wildman–Crippen MR) is 129 cm³/mol. The van der Waals surface area contributed by atoms with Crippen molar-refractivity contribution in [1.82, 2.24) is 0 Å². The van der Waals surface area contributed by atoms with Gasteiger partial charge in [-0.2, -0.15) is 30.4 Å². The number of anilines is 1. The molecule has 0 bridgehead atoms. The van der Waals surface area contributed by atoms with Gasteiger partial charge in [-0.05, 0) is 42.0 Å². The molecule has 16 nitrogen and oxygen atoms in total. The number of carbonyl (C=O) groups is 1. The van der Waals surface area contributed by atoms with E-state index in [1.165, 1.54) is 0 Å². The van der Waals surface area contributed by atoms with Crippen molar-refractivity contribution in [1.29, 1.82) is 0 Å². The number of phenols is 1. The Morgan fingerprint density at radius 2 is 1.46 bits per heavy atom. The Morgan fingerprint density at radius 3 is 2.03 bits per heavy atom. The maximum atomic E-state index is 12.8. The first-order valence-electron chi connectivity index (χ1n) is 9.67. The Morgan fingerprint density at radius 1 is 0.846 bits per heavy atom. The number of phenolic OH excluding ortho intramolecular Hbond substituents is 1. The molecule has 0 fully saturated rings. The molecular formula is C18H16CuN2O14S4. The van der Waals surface area contributed by atoms with E-state index in [2.05, 4.69) is 14.7 Å². The number of aromatic hydroxyl groups is 1. The Kier molecular flexibility index (Phi) is 9.51. The van der Waals surface area contributed by atoms with Crippen LogP contribution in [0.3, 0.4) is 0 Å². The fraction of sp³-hybridized carbons (Fsp3) is 0.111. The number of carbonyl (C=O) groups excluding carboxylic acids is 1. The van der Waals surface area contributed by atoms with Crippen LogP contribution in [0.1, 0.15) is 11.1 Å². The number of benzene rings is 2. The number of sulfone groups is 1. The summed E-state index contributed by atoms with van der Waals surface area (Å²) < 4.78 is 124. The van der Waals surface area contributed by atoms with Crippen LogP contribution in [-0.4, -0.2) is 76.3 Å². The quantitative estimate of drug-likeness (QED) is 0.100. The van der Waals surface area contributed by atoms with Gasteiger partial charge < -0.3 is 5.11 Å². The molecule has 0 heterocycles. The Bertz CT molecular complexity index is 1830. The summed E-state index contributed by atoms with van der Waals surface area (Å²) in [4.78, 5) is 10.4. The topological polar surface area (TPSA) is 268 Å². The molecule has 3 rings (SSSR count). The number of hydrogen-bond donors (Lipinski definition) is 5. The molecule has 1 aliphatic rings. The minimum atomic E-state index is -5.15. The minimum Gasteiger partial charge on any atom is -0.506 e. The maximum Gasteiger partial charge on any atom is 0.397 e. The molecule has 0 saturated heterocycles. The fourth-order valence-electron chi connectivity index (χ4n) is 3.07. The summed E-state index contributed by atoms with van der Waals surface area (Å²) in [6, 6.07) is 5.35. The molecule has 0 unspecified atom stereocenters. The fourth-order valence-corrected chi connectivity index (χ4v) is 5.70. The van der Waals surface area contributed by atoms with Gasteiger partial charge in [0.15, 0.2) is 9.84 Å². The number of ketones is 1. The van der Waals surface area contributed by atoms with Crippen molar-refractivity contribution in [3.8, 4) is 5.75 Å². The molecule has 2 aromatic carbocycles. The predicted octanol–water partition coefficient (Wildman–Crippen LogP) is -0.143. The third-order valence-corrected chi connectivity index (χ3v) is 8.63. The third kappa shape index (κ3) is 7.91. The van der Waals surface area contributed by atoms with Gasteiger partial charge in [-0.1, -0.05) is 6.07 Å². The van der Waals surface area contributed by atoms with Gasteiger partial charge in [0.05, 0.1) is 27.8 Å². The van der Waals surface area contributed by atoms with E-state index in [9.17, 15) is 52.7 Å². The average Bonchev–Trinajstić information content (AvgIpc) is 2.76. The summed E-state index contributed by atoms with van der Waals surface area (Å²) in [6.07, 6.45) is 0.653. The van der Waals surface area contributed by atoms with Crippen LogP contribution >= 0.6 is 0 Å². The van der Waals surface area contributed by atoms with E-state index >= 15 is 0 Å². The van der Waals surface area contributed by atoms with E-state index in [4.69, 9.17) is 4.55 Å². The monoisotopic (exact) mass is 675 g/mol. The molecular weight excluding hydrogens is 660 g/mol. The smallest absolute Gasteiger partial charge is 0.397 e. The van der Waals surface area contributed by atoms with Crippen LogP contribution < -0.4 is 5.43 Å². The van der Waals surface area contributed by atoms with E-state index in [1.54, 1.807) is 0 Å². The number of nitrogens with one attached hydrogen (secondary N) is 1. The van der Waals surface area contributed by atoms with Crippen LogP contribution in [0.4, 0.5) is 5.69 Å².